The largest absolute Gasteiger partial charge is 0.416 e. The molecule has 1 aliphatic rings. The summed E-state index contributed by atoms with van der Waals surface area (Å²) in [7, 11) is 0. The minimum atomic E-state index is -4.40. The van der Waals surface area contributed by atoms with Gasteiger partial charge in [0.1, 0.15) is 6.67 Å². The average molecular weight is 260 g/mol. The van der Waals surface area contributed by atoms with Crippen LogP contribution < -0.4 is 5.32 Å². The molecule has 1 aromatic carbocycles. The zero-order valence-corrected chi connectivity index (χ0v) is 9.47. The molecule has 1 heterocycles. The van der Waals surface area contributed by atoms with Gasteiger partial charge >= 0.3 is 6.18 Å². The van der Waals surface area contributed by atoms with Crippen LogP contribution in [0.25, 0.3) is 0 Å². The fraction of sp³-hybridized carbons (Fsp3) is 0.333. The van der Waals surface area contributed by atoms with Crippen LogP contribution in [0.4, 0.5) is 17.6 Å². The standard InChI is InChI=1S/C12H12F4N2/c13-6-9-1-2-11(12(14,15)16)5-10(9)7-18-4-3-17-8-18/h1-5,17H,6-8H2. The Kier molecular flexibility index (Phi) is 3.45. The third kappa shape index (κ3) is 2.75. The van der Waals surface area contributed by atoms with Gasteiger partial charge in [0, 0.05) is 18.9 Å². The lowest BCUT2D eigenvalue weighted by molar-refractivity contribution is -0.137. The van der Waals surface area contributed by atoms with Crippen molar-refractivity contribution in [2.45, 2.75) is 19.4 Å². The molecule has 0 atom stereocenters. The lowest BCUT2D eigenvalue weighted by Gasteiger charge is -2.18. The number of alkyl halides is 4. The molecule has 1 aromatic rings. The Labute approximate surface area is 102 Å². The summed E-state index contributed by atoms with van der Waals surface area (Å²) in [5.41, 5.74) is -0.0881. The van der Waals surface area contributed by atoms with Gasteiger partial charge in [0.2, 0.25) is 0 Å². The molecule has 0 unspecified atom stereocenters. The third-order valence-electron chi connectivity index (χ3n) is 2.75. The second-order valence-corrected chi connectivity index (χ2v) is 4.04. The fourth-order valence-electron chi connectivity index (χ4n) is 1.79. The molecule has 18 heavy (non-hydrogen) atoms. The molecule has 98 valence electrons. The van der Waals surface area contributed by atoms with Crippen molar-refractivity contribution in [3.8, 4) is 0 Å². The molecular weight excluding hydrogens is 248 g/mol. The molecule has 0 aromatic heterocycles. The van der Waals surface area contributed by atoms with Gasteiger partial charge in [0.25, 0.3) is 0 Å². The van der Waals surface area contributed by atoms with Crippen molar-refractivity contribution in [1.29, 1.82) is 0 Å². The van der Waals surface area contributed by atoms with E-state index < -0.39 is 18.4 Å². The molecule has 0 bridgehead atoms. The highest BCUT2D eigenvalue weighted by Gasteiger charge is 2.31. The van der Waals surface area contributed by atoms with Crippen LogP contribution in [0.1, 0.15) is 16.7 Å². The number of hydrogen-bond acceptors (Lipinski definition) is 2. The molecule has 0 spiro atoms. The van der Waals surface area contributed by atoms with Crippen LogP contribution in [-0.4, -0.2) is 11.6 Å². The van der Waals surface area contributed by atoms with Crippen LogP contribution in [-0.2, 0) is 19.4 Å². The van der Waals surface area contributed by atoms with Gasteiger partial charge in [-0.3, -0.25) is 0 Å². The third-order valence-corrected chi connectivity index (χ3v) is 2.75. The van der Waals surface area contributed by atoms with Crippen LogP contribution >= 0.6 is 0 Å². The summed E-state index contributed by atoms with van der Waals surface area (Å²) in [6.45, 7) is 0.00704. The highest BCUT2D eigenvalue weighted by molar-refractivity contribution is 5.33. The highest BCUT2D eigenvalue weighted by atomic mass is 19.4. The van der Waals surface area contributed by atoms with E-state index in [9.17, 15) is 17.6 Å². The van der Waals surface area contributed by atoms with Crippen molar-refractivity contribution in [1.82, 2.24) is 10.2 Å². The molecular formula is C12H12F4N2. The quantitative estimate of drug-likeness (QED) is 0.840. The Hall–Kier alpha value is -1.72. The van der Waals surface area contributed by atoms with Gasteiger partial charge in [-0.25, -0.2) is 4.39 Å². The lowest BCUT2D eigenvalue weighted by Crippen LogP contribution is -2.21. The van der Waals surface area contributed by atoms with E-state index in [1.165, 1.54) is 6.07 Å². The van der Waals surface area contributed by atoms with Crippen LogP contribution in [0, 0.1) is 0 Å². The summed E-state index contributed by atoms with van der Waals surface area (Å²) >= 11 is 0. The molecule has 2 rings (SSSR count). The van der Waals surface area contributed by atoms with E-state index in [2.05, 4.69) is 5.32 Å². The minimum absolute atomic E-state index is 0.257. The molecule has 0 saturated carbocycles. The number of rotatable bonds is 3. The summed E-state index contributed by atoms with van der Waals surface area (Å²) in [6, 6.07) is 3.13. The van der Waals surface area contributed by atoms with Crippen molar-refractivity contribution in [3.63, 3.8) is 0 Å². The maximum Gasteiger partial charge on any atom is 0.416 e. The molecule has 0 aliphatic carbocycles. The maximum atomic E-state index is 12.8. The first-order valence-corrected chi connectivity index (χ1v) is 5.40. The van der Waals surface area contributed by atoms with Crippen LogP contribution in [0.3, 0.4) is 0 Å². The Bertz CT molecular complexity index is 454. The van der Waals surface area contributed by atoms with Crippen molar-refractivity contribution in [2.24, 2.45) is 0 Å². The fourth-order valence-corrected chi connectivity index (χ4v) is 1.79. The molecule has 1 aliphatic heterocycles. The second-order valence-electron chi connectivity index (χ2n) is 4.04. The first kappa shape index (κ1) is 12.7. The van der Waals surface area contributed by atoms with Crippen LogP contribution in [0.5, 0.6) is 0 Å². The predicted molar refractivity (Wildman–Crippen MR) is 58.9 cm³/mol. The summed E-state index contributed by atoms with van der Waals surface area (Å²) in [5.74, 6) is 0. The smallest absolute Gasteiger partial charge is 0.373 e. The van der Waals surface area contributed by atoms with E-state index in [1.807, 2.05) is 0 Å². The minimum Gasteiger partial charge on any atom is -0.373 e. The molecule has 1 N–H and O–H groups in total. The Morgan fingerprint density at radius 3 is 2.56 bits per heavy atom. The summed E-state index contributed by atoms with van der Waals surface area (Å²) in [4.78, 5) is 1.77. The molecule has 0 radical (unpaired) electrons. The first-order chi connectivity index (χ1) is 8.50. The van der Waals surface area contributed by atoms with Gasteiger partial charge in [0.05, 0.1) is 12.2 Å². The first-order valence-electron chi connectivity index (χ1n) is 5.40. The number of hydrogen-bond donors (Lipinski definition) is 1. The Morgan fingerprint density at radius 1 is 1.22 bits per heavy atom. The SMILES string of the molecule is FCc1ccc(C(F)(F)F)cc1CN1C=CNC1. The van der Waals surface area contributed by atoms with E-state index in [4.69, 9.17) is 0 Å². The van der Waals surface area contributed by atoms with Gasteiger partial charge in [-0.2, -0.15) is 13.2 Å². The zero-order chi connectivity index (χ0) is 13.2. The second kappa shape index (κ2) is 4.88. The van der Waals surface area contributed by atoms with Crippen molar-refractivity contribution >= 4 is 0 Å². The Balaban J connectivity index is 2.27. The summed E-state index contributed by atoms with van der Waals surface area (Å²) in [6.07, 6.45) is -0.978. The van der Waals surface area contributed by atoms with Crippen molar-refractivity contribution in [2.75, 3.05) is 6.67 Å². The van der Waals surface area contributed by atoms with Gasteiger partial charge in [-0.15, -0.1) is 0 Å². The van der Waals surface area contributed by atoms with E-state index in [0.29, 0.717) is 17.8 Å². The van der Waals surface area contributed by atoms with Gasteiger partial charge in [-0.1, -0.05) is 6.07 Å². The van der Waals surface area contributed by atoms with Gasteiger partial charge in [-0.05, 0) is 23.3 Å². The van der Waals surface area contributed by atoms with E-state index in [0.717, 1.165) is 12.1 Å². The van der Waals surface area contributed by atoms with Gasteiger partial charge in [0.15, 0.2) is 0 Å². The molecule has 0 saturated heterocycles. The van der Waals surface area contributed by atoms with E-state index in [1.54, 1.807) is 17.3 Å². The van der Waals surface area contributed by atoms with Crippen LogP contribution in [0.2, 0.25) is 0 Å². The molecule has 0 fully saturated rings. The number of benzene rings is 1. The molecule has 0 amide bonds. The topological polar surface area (TPSA) is 15.3 Å². The lowest BCUT2D eigenvalue weighted by atomic mass is 10.0. The number of nitrogens with zero attached hydrogens (tertiary/aromatic N) is 1. The van der Waals surface area contributed by atoms with Gasteiger partial charge < -0.3 is 10.2 Å². The Morgan fingerprint density at radius 2 is 2.00 bits per heavy atom. The van der Waals surface area contributed by atoms with Crippen molar-refractivity contribution < 1.29 is 17.6 Å². The monoisotopic (exact) mass is 260 g/mol. The van der Waals surface area contributed by atoms with E-state index in [-0.39, 0.29) is 6.54 Å². The average Bonchev–Trinajstić information content (AvgIpc) is 2.80. The number of halogens is 4. The summed E-state index contributed by atoms with van der Waals surface area (Å²) < 4.78 is 50.5. The van der Waals surface area contributed by atoms with Crippen molar-refractivity contribution in [3.05, 3.63) is 47.3 Å². The van der Waals surface area contributed by atoms with Crippen LogP contribution in [0.15, 0.2) is 30.6 Å². The molecule has 6 heteroatoms. The summed E-state index contributed by atoms with van der Waals surface area (Å²) in [5, 5.41) is 2.90. The van der Waals surface area contributed by atoms with E-state index >= 15 is 0 Å². The zero-order valence-electron chi connectivity index (χ0n) is 9.47. The highest BCUT2D eigenvalue weighted by Crippen LogP contribution is 2.31. The number of nitrogens with one attached hydrogen (secondary N) is 1. The normalized spacial score (nSPS) is 15.0. The predicted octanol–water partition coefficient (Wildman–Crippen LogP) is 3.01. The maximum absolute atomic E-state index is 12.8. The molecule has 2 nitrogen and oxygen atoms in total.